The Hall–Kier alpha value is -3.15. The van der Waals surface area contributed by atoms with Crippen LogP contribution in [0.25, 0.3) is 28.5 Å². The zero-order chi connectivity index (χ0) is 20.2. The Bertz CT molecular complexity index is 1140. The smallest absolute Gasteiger partial charge is 0.338 e. The molecule has 0 spiro atoms. The number of benzene rings is 3. The van der Waals surface area contributed by atoms with Gasteiger partial charge in [0, 0.05) is 16.8 Å². The molecule has 7 heteroatoms. The molecule has 0 aliphatic rings. The summed E-state index contributed by atoms with van der Waals surface area (Å²) in [5.41, 5.74) is 4.18. The molecule has 0 aliphatic carbocycles. The van der Waals surface area contributed by atoms with E-state index in [1.165, 1.54) is 0 Å². The molecule has 31 heavy (non-hydrogen) atoms. The van der Waals surface area contributed by atoms with Gasteiger partial charge in [0.1, 0.15) is 0 Å². The van der Waals surface area contributed by atoms with Crippen LogP contribution in [0.2, 0.25) is 0 Å². The Morgan fingerprint density at radius 3 is 2.13 bits per heavy atom. The second-order valence-electron chi connectivity index (χ2n) is 6.65. The van der Waals surface area contributed by atoms with Gasteiger partial charge in [-0.05, 0) is 32.0 Å². The third kappa shape index (κ3) is 4.95. The lowest BCUT2D eigenvalue weighted by Crippen LogP contribution is -2.08. The summed E-state index contributed by atoms with van der Waals surface area (Å²) < 4.78 is 7.23. The molecule has 1 aromatic heterocycles. The highest BCUT2D eigenvalue weighted by atomic mass is 35.5. The van der Waals surface area contributed by atoms with Crippen LogP contribution < -0.4 is 0 Å². The van der Waals surface area contributed by atoms with Crippen LogP contribution in [-0.4, -0.2) is 27.3 Å². The third-order valence-electron chi connectivity index (χ3n) is 4.65. The number of hydrogen-bond acceptors (Lipinski definition) is 4. The highest BCUT2D eigenvalue weighted by molar-refractivity contribution is 5.96. The predicted molar refractivity (Wildman–Crippen MR) is 127 cm³/mol. The minimum Gasteiger partial charge on any atom is -0.462 e. The van der Waals surface area contributed by atoms with Crippen LogP contribution in [-0.2, 0) is 4.74 Å². The van der Waals surface area contributed by atoms with Crippen molar-refractivity contribution in [3.8, 4) is 28.5 Å². The molecular weight excluding hydrogens is 433 g/mol. The lowest BCUT2D eigenvalue weighted by Gasteiger charge is -2.13. The Balaban J connectivity index is 0.00000171. The van der Waals surface area contributed by atoms with E-state index < -0.39 is 0 Å². The first-order valence-electron chi connectivity index (χ1n) is 9.53. The van der Waals surface area contributed by atoms with Gasteiger partial charge in [0.25, 0.3) is 0 Å². The molecule has 1 heterocycles. The van der Waals surface area contributed by atoms with Crippen LogP contribution in [0.1, 0.15) is 22.8 Å². The Labute approximate surface area is 193 Å². The maximum Gasteiger partial charge on any atom is 0.338 e. The zero-order valence-corrected chi connectivity index (χ0v) is 18.8. The van der Waals surface area contributed by atoms with Gasteiger partial charge in [0.15, 0.2) is 11.6 Å². The summed E-state index contributed by atoms with van der Waals surface area (Å²) in [5.74, 6) is 0.933. The molecule has 0 radical (unpaired) electrons. The van der Waals surface area contributed by atoms with Crippen molar-refractivity contribution < 1.29 is 9.53 Å². The topological polar surface area (TPSA) is 57.0 Å². The van der Waals surface area contributed by atoms with Gasteiger partial charge in [0.05, 0.1) is 12.2 Å². The number of aromatic nitrogens is 3. The van der Waals surface area contributed by atoms with Crippen molar-refractivity contribution in [2.45, 2.75) is 13.8 Å². The van der Waals surface area contributed by atoms with Crippen molar-refractivity contribution in [3.05, 3.63) is 90.0 Å². The Kier molecular flexibility index (Phi) is 8.37. The summed E-state index contributed by atoms with van der Waals surface area (Å²) in [6.45, 7) is 4.15. The summed E-state index contributed by atoms with van der Waals surface area (Å²) >= 11 is 0. The Morgan fingerprint density at radius 2 is 1.45 bits per heavy atom. The van der Waals surface area contributed by atoms with Crippen molar-refractivity contribution in [2.75, 3.05) is 6.61 Å². The largest absolute Gasteiger partial charge is 0.462 e. The number of carbonyl (C=O) groups excluding carboxylic acids is 1. The van der Waals surface area contributed by atoms with Gasteiger partial charge < -0.3 is 4.74 Å². The second kappa shape index (κ2) is 10.8. The lowest BCUT2D eigenvalue weighted by molar-refractivity contribution is 0.0527. The van der Waals surface area contributed by atoms with Gasteiger partial charge in [-0.2, -0.15) is 0 Å². The predicted octanol–water partition coefficient (Wildman–Crippen LogP) is 5.93. The summed E-state index contributed by atoms with van der Waals surface area (Å²) in [4.78, 5) is 12.5. The van der Waals surface area contributed by atoms with E-state index in [1.807, 2.05) is 84.3 Å². The van der Waals surface area contributed by atoms with Crippen molar-refractivity contribution in [1.82, 2.24) is 14.8 Å². The van der Waals surface area contributed by atoms with Crippen molar-refractivity contribution >= 4 is 30.8 Å². The number of nitrogens with zero attached hydrogens (tertiary/aromatic N) is 3. The van der Waals surface area contributed by atoms with Crippen LogP contribution in [0, 0.1) is 6.92 Å². The Morgan fingerprint density at radius 1 is 0.839 bits per heavy atom. The number of rotatable bonds is 5. The third-order valence-corrected chi connectivity index (χ3v) is 4.65. The number of ether oxygens (including phenoxy) is 1. The van der Waals surface area contributed by atoms with Crippen LogP contribution >= 0.6 is 24.8 Å². The first-order valence-corrected chi connectivity index (χ1v) is 9.53. The molecule has 160 valence electrons. The summed E-state index contributed by atoms with van der Waals surface area (Å²) in [5, 5.41) is 8.94. The molecule has 3 aromatic carbocycles. The molecule has 0 aliphatic heterocycles. The summed E-state index contributed by atoms with van der Waals surface area (Å²) in [6, 6.07) is 25.4. The fourth-order valence-electron chi connectivity index (χ4n) is 3.24. The number of aryl methyl sites for hydroxylation is 1. The molecule has 0 amide bonds. The quantitative estimate of drug-likeness (QED) is 0.350. The molecular formula is C24H23Cl2N3O2. The second-order valence-corrected chi connectivity index (χ2v) is 6.65. The van der Waals surface area contributed by atoms with Gasteiger partial charge >= 0.3 is 5.97 Å². The molecule has 0 atom stereocenters. The number of esters is 1. The minimum atomic E-state index is -0.372. The number of carbonyl (C=O) groups is 1. The molecule has 0 unspecified atom stereocenters. The normalized spacial score (nSPS) is 10.0. The van der Waals surface area contributed by atoms with Gasteiger partial charge in [-0.15, -0.1) is 35.0 Å². The van der Waals surface area contributed by atoms with Crippen LogP contribution in [0.4, 0.5) is 0 Å². The van der Waals surface area contributed by atoms with E-state index in [0.717, 1.165) is 16.8 Å². The van der Waals surface area contributed by atoms with E-state index in [0.29, 0.717) is 29.4 Å². The van der Waals surface area contributed by atoms with Crippen molar-refractivity contribution in [2.24, 2.45) is 0 Å². The molecule has 0 fully saturated rings. The van der Waals surface area contributed by atoms with E-state index >= 15 is 0 Å². The standard InChI is InChI=1S/C24H21N3O2.2ClH/c1-3-29-24(28)21-12-8-7-11-20(21)23-26-25-22(18-9-5-4-6-10-18)27(23)19-15-13-17(2)14-16-19;;/h4-16H,3H2,1-2H3;2*1H. The fraction of sp³-hybridized carbons (Fsp3) is 0.125. The average molecular weight is 456 g/mol. The maximum absolute atomic E-state index is 12.5. The first kappa shape index (κ1) is 24.1. The van der Waals surface area contributed by atoms with Gasteiger partial charge in [-0.1, -0.05) is 66.2 Å². The van der Waals surface area contributed by atoms with E-state index in [2.05, 4.69) is 10.2 Å². The van der Waals surface area contributed by atoms with Gasteiger partial charge in [-0.3, -0.25) is 4.57 Å². The molecule has 0 saturated heterocycles. The van der Waals surface area contributed by atoms with Crippen molar-refractivity contribution in [1.29, 1.82) is 0 Å². The SMILES string of the molecule is CCOC(=O)c1ccccc1-c1nnc(-c2ccccc2)n1-c1ccc(C)cc1.Cl.Cl. The lowest BCUT2D eigenvalue weighted by atomic mass is 10.1. The molecule has 0 bridgehead atoms. The van der Waals surface area contributed by atoms with Gasteiger partial charge in [0.2, 0.25) is 0 Å². The van der Waals surface area contributed by atoms with E-state index in [1.54, 1.807) is 13.0 Å². The van der Waals surface area contributed by atoms with Crippen LogP contribution in [0.5, 0.6) is 0 Å². The van der Waals surface area contributed by atoms with E-state index in [9.17, 15) is 4.79 Å². The van der Waals surface area contributed by atoms with E-state index in [4.69, 9.17) is 4.74 Å². The first-order chi connectivity index (χ1) is 14.2. The summed E-state index contributed by atoms with van der Waals surface area (Å²) in [6.07, 6.45) is 0. The highest BCUT2D eigenvalue weighted by Gasteiger charge is 2.22. The fourth-order valence-corrected chi connectivity index (χ4v) is 3.24. The van der Waals surface area contributed by atoms with Gasteiger partial charge in [-0.25, -0.2) is 4.79 Å². The van der Waals surface area contributed by atoms with Crippen LogP contribution in [0.15, 0.2) is 78.9 Å². The maximum atomic E-state index is 12.5. The zero-order valence-electron chi connectivity index (χ0n) is 17.2. The molecule has 4 rings (SSSR count). The molecule has 4 aromatic rings. The molecule has 5 nitrogen and oxygen atoms in total. The minimum absolute atomic E-state index is 0. The van der Waals surface area contributed by atoms with Crippen LogP contribution in [0.3, 0.4) is 0 Å². The number of hydrogen-bond donors (Lipinski definition) is 0. The molecule has 0 saturated carbocycles. The average Bonchev–Trinajstić information content (AvgIpc) is 3.20. The monoisotopic (exact) mass is 455 g/mol. The highest BCUT2D eigenvalue weighted by Crippen LogP contribution is 2.30. The van der Waals surface area contributed by atoms with E-state index in [-0.39, 0.29) is 30.8 Å². The van der Waals surface area contributed by atoms with Crippen molar-refractivity contribution in [3.63, 3.8) is 0 Å². The summed E-state index contributed by atoms with van der Waals surface area (Å²) in [7, 11) is 0. The number of halogens is 2. The molecule has 0 N–H and O–H groups in total.